The number of aromatic nitrogens is 1. The van der Waals surface area contributed by atoms with Crippen molar-refractivity contribution in [1.29, 1.82) is 0 Å². The lowest BCUT2D eigenvalue weighted by molar-refractivity contribution is 0.494. The Morgan fingerprint density at radius 2 is 2.05 bits per heavy atom. The third-order valence-corrected chi connectivity index (χ3v) is 5.64. The van der Waals surface area contributed by atoms with Crippen molar-refractivity contribution in [2.24, 2.45) is 5.73 Å². The molecule has 2 aromatic heterocycles. The second kappa shape index (κ2) is 6.01. The summed E-state index contributed by atoms with van der Waals surface area (Å²) in [6.45, 7) is 5.82. The summed E-state index contributed by atoms with van der Waals surface area (Å²) in [4.78, 5) is 6.34. The maximum absolute atomic E-state index is 11.9. The smallest absolute Gasteiger partial charge is 0.301 e. The zero-order chi connectivity index (χ0) is 15.7. The predicted octanol–water partition coefficient (Wildman–Crippen LogP) is 2.38. The van der Waals surface area contributed by atoms with Crippen LogP contribution in [0.5, 0.6) is 0 Å². The lowest BCUT2D eigenvalue weighted by Gasteiger charge is -2.20. The first-order valence-corrected chi connectivity index (χ1v) is 9.43. The van der Waals surface area contributed by atoms with Crippen LogP contribution in [0.3, 0.4) is 0 Å². The number of thiazole rings is 1. The third-order valence-electron chi connectivity index (χ3n) is 2.28. The van der Waals surface area contributed by atoms with Gasteiger partial charge in [0.15, 0.2) is 5.13 Å². The van der Waals surface area contributed by atoms with E-state index in [2.05, 4.69) is 14.4 Å². The molecule has 2 rings (SSSR count). The molecule has 0 fully saturated rings. The van der Waals surface area contributed by atoms with Crippen LogP contribution in [0.1, 0.15) is 25.6 Å². The summed E-state index contributed by atoms with van der Waals surface area (Å²) < 4.78 is 28.8. The zero-order valence-corrected chi connectivity index (χ0v) is 14.5. The van der Waals surface area contributed by atoms with Crippen LogP contribution >= 0.6 is 22.7 Å². The molecular weight excluding hydrogens is 328 g/mol. The van der Waals surface area contributed by atoms with Gasteiger partial charge >= 0.3 is 10.2 Å². The summed E-state index contributed by atoms with van der Waals surface area (Å²) in [5.74, 6) is 0. The van der Waals surface area contributed by atoms with Crippen LogP contribution in [0.15, 0.2) is 17.5 Å². The van der Waals surface area contributed by atoms with E-state index in [1.165, 1.54) is 11.3 Å². The lowest BCUT2D eigenvalue weighted by Crippen LogP contribution is -2.43. The molecule has 0 aromatic carbocycles. The van der Waals surface area contributed by atoms with Gasteiger partial charge in [0.25, 0.3) is 0 Å². The van der Waals surface area contributed by atoms with E-state index in [1.807, 2.05) is 17.5 Å². The van der Waals surface area contributed by atoms with Crippen LogP contribution in [0.2, 0.25) is 0 Å². The van der Waals surface area contributed by atoms with Gasteiger partial charge in [-0.15, -0.1) is 22.7 Å². The first-order chi connectivity index (χ1) is 9.68. The Kier molecular flexibility index (Phi) is 4.69. The van der Waals surface area contributed by atoms with Gasteiger partial charge in [0.1, 0.15) is 0 Å². The molecule has 0 aliphatic rings. The number of nitrogens with one attached hydrogen (secondary N) is 2. The van der Waals surface area contributed by atoms with Gasteiger partial charge in [0.2, 0.25) is 0 Å². The summed E-state index contributed by atoms with van der Waals surface area (Å²) in [7, 11) is -3.63. The van der Waals surface area contributed by atoms with E-state index in [0.29, 0.717) is 11.7 Å². The fourth-order valence-electron chi connectivity index (χ4n) is 1.60. The Morgan fingerprint density at radius 3 is 2.62 bits per heavy atom. The quantitative estimate of drug-likeness (QED) is 0.774. The summed E-state index contributed by atoms with van der Waals surface area (Å²) in [5, 5.41) is 2.16. The van der Waals surface area contributed by atoms with Crippen molar-refractivity contribution in [1.82, 2.24) is 9.71 Å². The molecule has 4 N–H and O–H groups in total. The summed E-state index contributed by atoms with van der Waals surface area (Å²) >= 11 is 2.80. The fraction of sp³-hybridized carbons (Fsp3) is 0.417. The number of thiophene rings is 1. The number of anilines is 1. The zero-order valence-electron chi connectivity index (χ0n) is 12.0. The molecule has 0 spiro atoms. The minimum absolute atomic E-state index is 0.337. The van der Waals surface area contributed by atoms with Gasteiger partial charge in [0.05, 0.1) is 10.6 Å². The molecule has 0 amide bonds. The van der Waals surface area contributed by atoms with E-state index in [0.717, 1.165) is 15.4 Å². The Balaban J connectivity index is 2.13. The standard InChI is InChI=1S/C12H18N4O2S3/c1-12(2,3)16-21(17,18)15-11-14-9(7-19-11)10-5-4-8(6-13)20-10/h4-5,7,16H,6,13H2,1-3H3,(H,14,15). The molecule has 116 valence electrons. The topological polar surface area (TPSA) is 97.1 Å². The molecule has 6 nitrogen and oxygen atoms in total. The van der Waals surface area contributed by atoms with Crippen LogP contribution < -0.4 is 15.2 Å². The highest BCUT2D eigenvalue weighted by molar-refractivity contribution is 7.91. The van der Waals surface area contributed by atoms with Crippen LogP contribution in [-0.2, 0) is 16.8 Å². The minimum atomic E-state index is -3.63. The van der Waals surface area contributed by atoms with E-state index in [1.54, 1.807) is 32.1 Å². The Labute approximate surface area is 132 Å². The molecule has 0 saturated heterocycles. The summed E-state index contributed by atoms with van der Waals surface area (Å²) in [6.07, 6.45) is 0. The third kappa shape index (κ3) is 4.75. The number of hydrogen-bond donors (Lipinski definition) is 3. The molecule has 2 heterocycles. The second-order valence-corrected chi connectivity index (χ2v) is 8.91. The number of nitrogens with two attached hydrogens (primary N) is 1. The molecule has 21 heavy (non-hydrogen) atoms. The number of nitrogens with zero attached hydrogens (tertiary/aromatic N) is 1. The molecule has 0 radical (unpaired) electrons. The van der Waals surface area contributed by atoms with Crippen LogP contribution in [0.25, 0.3) is 10.6 Å². The largest absolute Gasteiger partial charge is 0.326 e. The first kappa shape index (κ1) is 16.4. The van der Waals surface area contributed by atoms with Gasteiger partial charge in [0, 0.05) is 22.3 Å². The van der Waals surface area contributed by atoms with Gasteiger partial charge in [-0.2, -0.15) is 13.1 Å². The summed E-state index contributed by atoms with van der Waals surface area (Å²) in [5.41, 5.74) is 5.78. The Bertz CT molecular complexity index is 713. The molecule has 0 atom stereocenters. The molecule has 0 aliphatic heterocycles. The van der Waals surface area contributed by atoms with E-state index < -0.39 is 15.7 Å². The maximum Gasteiger partial charge on any atom is 0.301 e. The normalized spacial score (nSPS) is 12.6. The van der Waals surface area contributed by atoms with E-state index in [-0.39, 0.29) is 0 Å². The number of hydrogen-bond acceptors (Lipinski definition) is 6. The molecule has 9 heteroatoms. The molecular formula is C12H18N4O2S3. The van der Waals surface area contributed by atoms with Gasteiger partial charge in [-0.1, -0.05) is 0 Å². The van der Waals surface area contributed by atoms with Gasteiger partial charge in [-0.25, -0.2) is 9.71 Å². The Morgan fingerprint density at radius 1 is 1.33 bits per heavy atom. The predicted molar refractivity (Wildman–Crippen MR) is 88.7 cm³/mol. The van der Waals surface area contributed by atoms with Crippen molar-refractivity contribution in [3.05, 3.63) is 22.4 Å². The highest BCUT2D eigenvalue weighted by Crippen LogP contribution is 2.30. The second-order valence-electron chi connectivity index (χ2n) is 5.47. The van der Waals surface area contributed by atoms with Gasteiger partial charge in [-0.3, -0.25) is 0 Å². The van der Waals surface area contributed by atoms with Gasteiger partial charge in [-0.05, 0) is 32.9 Å². The molecule has 0 bridgehead atoms. The summed E-state index contributed by atoms with van der Waals surface area (Å²) in [6, 6.07) is 3.89. The molecule has 0 aliphatic carbocycles. The van der Waals surface area contributed by atoms with Gasteiger partial charge < -0.3 is 5.73 Å². The van der Waals surface area contributed by atoms with E-state index in [9.17, 15) is 8.42 Å². The SMILES string of the molecule is CC(C)(C)NS(=O)(=O)Nc1nc(-c2ccc(CN)s2)cs1. The molecule has 0 unspecified atom stereocenters. The van der Waals surface area contributed by atoms with Crippen molar-refractivity contribution >= 4 is 38.0 Å². The van der Waals surface area contributed by atoms with Crippen molar-refractivity contribution in [3.8, 4) is 10.6 Å². The average Bonchev–Trinajstić information content (AvgIpc) is 2.92. The van der Waals surface area contributed by atoms with Crippen molar-refractivity contribution in [3.63, 3.8) is 0 Å². The highest BCUT2D eigenvalue weighted by Gasteiger charge is 2.21. The average molecular weight is 347 g/mol. The lowest BCUT2D eigenvalue weighted by atomic mass is 10.1. The fourth-order valence-corrected chi connectivity index (χ4v) is 4.73. The Hall–Kier alpha value is -1.00. The van der Waals surface area contributed by atoms with Crippen molar-refractivity contribution in [2.45, 2.75) is 32.9 Å². The first-order valence-electron chi connectivity index (χ1n) is 6.25. The monoisotopic (exact) mass is 346 g/mol. The highest BCUT2D eigenvalue weighted by atomic mass is 32.2. The van der Waals surface area contributed by atoms with Crippen molar-refractivity contribution < 1.29 is 8.42 Å². The molecule has 2 aromatic rings. The van der Waals surface area contributed by atoms with Crippen LogP contribution in [0.4, 0.5) is 5.13 Å². The minimum Gasteiger partial charge on any atom is -0.326 e. The van der Waals surface area contributed by atoms with Crippen LogP contribution in [-0.4, -0.2) is 18.9 Å². The van der Waals surface area contributed by atoms with E-state index in [4.69, 9.17) is 5.73 Å². The van der Waals surface area contributed by atoms with E-state index >= 15 is 0 Å². The maximum atomic E-state index is 11.9. The number of rotatable bonds is 5. The molecule has 0 saturated carbocycles. The van der Waals surface area contributed by atoms with Crippen molar-refractivity contribution in [2.75, 3.05) is 4.72 Å². The van der Waals surface area contributed by atoms with Crippen LogP contribution in [0, 0.1) is 0 Å².